The van der Waals surface area contributed by atoms with E-state index in [-0.39, 0.29) is 17.0 Å². The van der Waals surface area contributed by atoms with Gasteiger partial charge in [-0.25, -0.2) is 4.57 Å². The van der Waals surface area contributed by atoms with Gasteiger partial charge < -0.3 is 17.0 Å². The van der Waals surface area contributed by atoms with Crippen LogP contribution in [0.1, 0.15) is 50.2 Å². The Balaban J connectivity index is 0.00000280. The van der Waals surface area contributed by atoms with Gasteiger partial charge in [0.05, 0.1) is 0 Å². The molecule has 1 nitrogen and oxygen atoms in total. The molecule has 0 unspecified atom stereocenters. The summed E-state index contributed by atoms with van der Waals surface area (Å²) in [6.07, 6.45) is 13.3. The Hall–Kier alpha value is -1.93. The summed E-state index contributed by atoms with van der Waals surface area (Å²) in [7, 11) is 0. The minimum absolute atomic E-state index is 0. The van der Waals surface area contributed by atoms with Crippen LogP contribution in [0.4, 0.5) is 0 Å². The number of halogens is 1. The molecule has 1 aromatic heterocycles. The van der Waals surface area contributed by atoms with Gasteiger partial charge in [0.2, 0.25) is 0 Å². The first kappa shape index (κ1) is 22.4. The lowest BCUT2D eigenvalue weighted by Gasteiger charge is -2.05. The molecule has 0 atom stereocenters. The summed E-state index contributed by atoms with van der Waals surface area (Å²) in [5.41, 5.74) is 5.52. The lowest BCUT2D eigenvalue weighted by atomic mass is 10.0. The molecule has 0 fully saturated rings. The van der Waals surface area contributed by atoms with Gasteiger partial charge in [-0.15, -0.1) is 0 Å². The van der Waals surface area contributed by atoms with Gasteiger partial charge in [-0.1, -0.05) is 67.9 Å². The fraction of sp³-hybridized carbons (Fsp3) is 0.346. The number of pyridine rings is 1. The van der Waals surface area contributed by atoms with Crippen LogP contribution >= 0.6 is 0 Å². The predicted molar refractivity (Wildman–Crippen MR) is 115 cm³/mol. The maximum Gasteiger partial charge on any atom is 0.171 e. The number of aromatic nitrogens is 1. The molecule has 0 saturated carbocycles. The maximum atomic E-state index is 2.36. The molecular weight excluding hydrogens is 406 g/mol. The first-order chi connectivity index (χ1) is 13.3. The van der Waals surface area contributed by atoms with Crippen molar-refractivity contribution in [3.05, 3.63) is 90.3 Å². The molecule has 3 rings (SSSR count). The van der Waals surface area contributed by atoms with E-state index in [1.54, 1.807) is 0 Å². The highest BCUT2D eigenvalue weighted by atomic mass is 79.9. The molecule has 1 heterocycles. The van der Waals surface area contributed by atoms with Crippen LogP contribution in [0.5, 0.6) is 0 Å². The first-order valence-electron chi connectivity index (χ1n) is 10.5. The number of nitrogens with zero attached hydrogens (tertiary/aromatic N) is 1. The van der Waals surface area contributed by atoms with Gasteiger partial charge in [0.1, 0.15) is 6.54 Å². The third-order valence-electron chi connectivity index (χ3n) is 5.18. The maximum absolute atomic E-state index is 2.36. The summed E-state index contributed by atoms with van der Waals surface area (Å²) < 4.78 is 2.36. The zero-order valence-corrected chi connectivity index (χ0v) is 18.6. The average Bonchev–Trinajstić information content (AvgIpc) is 2.73. The number of hydrogen-bond donors (Lipinski definition) is 0. The Morgan fingerprint density at radius 3 is 2.11 bits per heavy atom. The lowest BCUT2D eigenvalue weighted by Crippen LogP contribution is -3.00. The van der Waals surface area contributed by atoms with Crippen LogP contribution in [0, 0.1) is 0 Å². The molecule has 3 aromatic rings. The van der Waals surface area contributed by atoms with Crippen molar-refractivity contribution < 1.29 is 21.5 Å². The third kappa shape index (κ3) is 7.24. The molecule has 0 bridgehead atoms. The largest absolute Gasteiger partial charge is 1.00 e. The summed E-state index contributed by atoms with van der Waals surface area (Å²) in [6, 6.07) is 24.1. The van der Waals surface area contributed by atoms with Gasteiger partial charge in [-0.3, -0.25) is 0 Å². The number of aryl methyl sites for hydroxylation is 3. The van der Waals surface area contributed by atoms with Gasteiger partial charge >= 0.3 is 0 Å². The van der Waals surface area contributed by atoms with Gasteiger partial charge in [0, 0.05) is 18.1 Å². The molecule has 0 aliphatic rings. The van der Waals surface area contributed by atoms with E-state index in [1.807, 2.05) is 0 Å². The molecule has 0 aliphatic carbocycles. The number of benzene rings is 2. The molecule has 2 heteroatoms. The molecule has 0 spiro atoms. The molecule has 0 saturated heterocycles. The van der Waals surface area contributed by atoms with E-state index in [9.17, 15) is 0 Å². The van der Waals surface area contributed by atoms with Crippen molar-refractivity contribution in [2.45, 2.75) is 58.4 Å². The molecule has 0 N–H and O–H groups in total. The van der Waals surface area contributed by atoms with Crippen LogP contribution in [0.3, 0.4) is 0 Å². The average molecular weight is 438 g/mol. The van der Waals surface area contributed by atoms with E-state index in [0.29, 0.717) is 0 Å². The molecule has 28 heavy (non-hydrogen) atoms. The van der Waals surface area contributed by atoms with Crippen molar-refractivity contribution in [3.8, 4) is 11.1 Å². The quantitative estimate of drug-likeness (QED) is 0.338. The highest BCUT2D eigenvalue weighted by Crippen LogP contribution is 2.20. The van der Waals surface area contributed by atoms with E-state index in [0.717, 1.165) is 6.54 Å². The van der Waals surface area contributed by atoms with Crippen molar-refractivity contribution in [1.29, 1.82) is 0 Å². The number of unbranched alkanes of at least 4 members (excludes halogenated alkanes) is 3. The van der Waals surface area contributed by atoms with E-state index in [4.69, 9.17) is 0 Å². The van der Waals surface area contributed by atoms with Gasteiger partial charge in [0.15, 0.2) is 12.4 Å². The van der Waals surface area contributed by atoms with E-state index in [2.05, 4.69) is 90.6 Å². The van der Waals surface area contributed by atoms with Gasteiger partial charge in [-0.05, 0) is 54.9 Å². The molecule has 2 aromatic carbocycles. The van der Waals surface area contributed by atoms with Crippen LogP contribution < -0.4 is 21.5 Å². The second kappa shape index (κ2) is 12.5. The van der Waals surface area contributed by atoms with Crippen LogP contribution in [-0.4, -0.2) is 0 Å². The highest BCUT2D eigenvalue weighted by Gasteiger charge is 2.03. The lowest BCUT2D eigenvalue weighted by molar-refractivity contribution is -0.697. The number of rotatable bonds is 10. The topological polar surface area (TPSA) is 3.88 Å². The summed E-state index contributed by atoms with van der Waals surface area (Å²) in [5.74, 6) is 0. The van der Waals surface area contributed by atoms with Crippen molar-refractivity contribution in [1.82, 2.24) is 0 Å². The Labute approximate surface area is 181 Å². The molecule has 0 amide bonds. The zero-order valence-electron chi connectivity index (χ0n) is 17.0. The van der Waals surface area contributed by atoms with Crippen LogP contribution in [0.2, 0.25) is 0 Å². The van der Waals surface area contributed by atoms with Crippen LogP contribution in [0.15, 0.2) is 79.1 Å². The summed E-state index contributed by atoms with van der Waals surface area (Å²) in [6.45, 7) is 3.39. The molecule has 0 aliphatic heterocycles. The van der Waals surface area contributed by atoms with Crippen molar-refractivity contribution >= 4 is 0 Å². The Bertz CT molecular complexity index is 796. The third-order valence-corrected chi connectivity index (χ3v) is 5.18. The van der Waals surface area contributed by atoms with Gasteiger partial charge in [0.25, 0.3) is 0 Å². The highest BCUT2D eigenvalue weighted by molar-refractivity contribution is 5.63. The van der Waals surface area contributed by atoms with E-state index < -0.39 is 0 Å². The summed E-state index contributed by atoms with van der Waals surface area (Å²) >= 11 is 0. The molecule has 148 valence electrons. The second-order valence-corrected chi connectivity index (χ2v) is 7.43. The van der Waals surface area contributed by atoms with Gasteiger partial charge in [-0.2, -0.15) is 0 Å². The number of hydrogen-bond acceptors (Lipinski definition) is 0. The summed E-state index contributed by atoms with van der Waals surface area (Å²) in [5, 5.41) is 0. The minimum atomic E-state index is 0. The normalized spacial score (nSPS) is 10.5. The molecule has 0 radical (unpaired) electrons. The van der Waals surface area contributed by atoms with Crippen molar-refractivity contribution in [2.75, 3.05) is 0 Å². The van der Waals surface area contributed by atoms with Crippen molar-refractivity contribution in [2.24, 2.45) is 0 Å². The summed E-state index contributed by atoms with van der Waals surface area (Å²) in [4.78, 5) is 0. The standard InChI is InChI=1S/C26H32N.BrH/c1-2-3-11-24-13-10-21-27(22-24)20-9-5-6-12-23-16-18-26(19-17-23)25-14-7-4-8-15-25;/h4,7-8,10,13-19,21-22H,2-3,5-6,9,11-12,20H2,1H3;1H/q+1;/p-1. The SMILES string of the molecule is CCCCc1ccc[n+](CCCCCc2ccc(-c3ccccc3)cc2)c1.[Br-]. The monoisotopic (exact) mass is 437 g/mol. The van der Waals surface area contributed by atoms with Crippen molar-refractivity contribution in [3.63, 3.8) is 0 Å². The predicted octanol–water partition coefficient (Wildman–Crippen LogP) is 3.40. The minimum Gasteiger partial charge on any atom is -1.00 e. The van der Waals surface area contributed by atoms with Crippen LogP contribution in [0.25, 0.3) is 11.1 Å². The van der Waals surface area contributed by atoms with E-state index >= 15 is 0 Å². The zero-order chi connectivity index (χ0) is 18.7. The Kier molecular flexibility index (Phi) is 9.99. The second-order valence-electron chi connectivity index (χ2n) is 7.43. The Morgan fingerprint density at radius 1 is 0.643 bits per heavy atom. The Morgan fingerprint density at radius 2 is 1.36 bits per heavy atom. The first-order valence-corrected chi connectivity index (χ1v) is 10.5. The fourth-order valence-electron chi connectivity index (χ4n) is 3.54. The smallest absolute Gasteiger partial charge is 0.171 e. The van der Waals surface area contributed by atoms with E-state index in [1.165, 1.54) is 67.2 Å². The fourth-order valence-corrected chi connectivity index (χ4v) is 3.54. The molecular formula is C26H32BrN. The van der Waals surface area contributed by atoms with Crippen LogP contribution in [-0.2, 0) is 19.4 Å².